The highest BCUT2D eigenvalue weighted by Gasteiger charge is 2.09. The molecule has 104 valence electrons. The number of benzene rings is 2. The first-order valence-electron chi connectivity index (χ1n) is 6.04. The largest absolute Gasteiger partial charge is 0.454 e. The summed E-state index contributed by atoms with van der Waals surface area (Å²) in [7, 11) is 0. The quantitative estimate of drug-likeness (QED) is 0.390. The molecular weight excluding hydrogens is 259 g/mol. The van der Waals surface area contributed by atoms with Crippen molar-refractivity contribution < 1.29 is 14.3 Å². The summed E-state index contributed by atoms with van der Waals surface area (Å²) in [6.07, 6.45) is 0. The van der Waals surface area contributed by atoms with E-state index in [2.05, 4.69) is 5.16 Å². The summed E-state index contributed by atoms with van der Waals surface area (Å²) in [4.78, 5) is 0. The SMILES string of the molecule is Cc1cc(Oc2cccc(C)c2F)ccc1/C(N)=N/O. The maximum atomic E-state index is 13.9. The van der Waals surface area contributed by atoms with Gasteiger partial charge in [0.1, 0.15) is 5.75 Å². The number of rotatable bonds is 3. The van der Waals surface area contributed by atoms with Gasteiger partial charge in [-0.05, 0) is 49.2 Å². The second-order valence-corrected chi connectivity index (χ2v) is 4.45. The molecule has 0 aliphatic rings. The summed E-state index contributed by atoms with van der Waals surface area (Å²) < 4.78 is 19.4. The number of aryl methyl sites for hydroxylation is 2. The third-order valence-corrected chi connectivity index (χ3v) is 2.97. The molecule has 0 fully saturated rings. The number of ether oxygens (including phenoxy) is 1. The molecule has 0 radical (unpaired) electrons. The lowest BCUT2D eigenvalue weighted by atomic mass is 10.1. The summed E-state index contributed by atoms with van der Waals surface area (Å²) in [5.74, 6) is 0.295. The van der Waals surface area contributed by atoms with E-state index in [9.17, 15) is 4.39 Å². The first kappa shape index (κ1) is 13.9. The number of hydrogen-bond donors (Lipinski definition) is 2. The maximum absolute atomic E-state index is 13.9. The van der Waals surface area contributed by atoms with Gasteiger partial charge in [-0.25, -0.2) is 4.39 Å². The van der Waals surface area contributed by atoms with Crippen molar-refractivity contribution in [1.29, 1.82) is 0 Å². The Bertz CT molecular complexity index is 669. The summed E-state index contributed by atoms with van der Waals surface area (Å²) in [5.41, 5.74) is 7.43. The van der Waals surface area contributed by atoms with E-state index in [4.69, 9.17) is 15.7 Å². The van der Waals surface area contributed by atoms with E-state index in [-0.39, 0.29) is 17.4 Å². The minimum absolute atomic E-state index is 0.0239. The molecule has 5 heteroatoms. The topological polar surface area (TPSA) is 67.8 Å². The third-order valence-electron chi connectivity index (χ3n) is 2.97. The third kappa shape index (κ3) is 2.71. The van der Waals surface area contributed by atoms with Crippen molar-refractivity contribution in [3.8, 4) is 11.5 Å². The van der Waals surface area contributed by atoms with E-state index in [1.165, 1.54) is 0 Å². The molecule has 0 aromatic heterocycles. The molecular formula is C15H15FN2O2. The lowest BCUT2D eigenvalue weighted by Crippen LogP contribution is -2.14. The Hall–Kier alpha value is -2.56. The molecule has 4 nitrogen and oxygen atoms in total. The molecule has 2 aromatic carbocycles. The molecule has 0 amide bonds. The van der Waals surface area contributed by atoms with Gasteiger partial charge < -0.3 is 15.7 Å². The second-order valence-electron chi connectivity index (χ2n) is 4.45. The fourth-order valence-corrected chi connectivity index (χ4v) is 1.87. The van der Waals surface area contributed by atoms with Gasteiger partial charge >= 0.3 is 0 Å². The number of nitrogens with zero attached hydrogens (tertiary/aromatic N) is 1. The minimum Gasteiger partial charge on any atom is -0.454 e. The van der Waals surface area contributed by atoms with Crippen LogP contribution in [0.5, 0.6) is 11.5 Å². The molecule has 0 heterocycles. The molecule has 20 heavy (non-hydrogen) atoms. The van der Waals surface area contributed by atoms with E-state index < -0.39 is 0 Å². The van der Waals surface area contributed by atoms with Crippen molar-refractivity contribution >= 4 is 5.84 Å². The highest BCUT2D eigenvalue weighted by Crippen LogP contribution is 2.27. The highest BCUT2D eigenvalue weighted by molar-refractivity contribution is 5.98. The van der Waals surface area contributed by atoms with Gasteiger partial charge in [0.2, 0.25) is 0 Å². The maximum Gasteiger partial charge on any atom is 0.170 e. The van der Waals surface area contributed by atoms with Crippen molar-refractivity contribution in [2.45, 2.75) is 13.8 Å². The van der Waals surface area contributed by atoms with E-state index in [1.807, 2.05) is 0 Å². The van der Waals surface area contributed by atoms with Gasteiger partial charge in [-0.15, -0.1) is 0 Å². The molecule has 2 aromatic rings. The standard InChI is InChI=1S/C15H15FN2O2/c1-9-4-3-5-13(14(9)16)20-11-6-7-12(10(2)8-11)15(17)18-19/h3-8,19H,1-2H3,(H2,17,18). The molecule has 0 unspecified atom stereocenters. The lowest BCUT2D eigenvalue weighted by molar-refractivity contribution is 0.318. The van der Waals surface area contributed by atoms with E-state index in [1.54, 1.807) is 50.2 Å². The van der Waals surface area contributed by atoms with Gasteiger partial charge in [-0.3, -0.25) is 0 Å². The van der Waals surface area contributed by atoms with Crippen LogP contribution in [0.2, 0.25) is 0 Å². The molecule has 0 aliphatic carbocycles. The molecule has 0 aliphatic heterocycles. The summed E-state index contributed by atoms with van der Waals surface area (Å²) in [6, 6.07) is 9.97. The molecule has 0 saturated heterocycles. The predicted molar refractivity (Wildman–Crippen MR) is 74.9 cm³/mol. The van der Waals surface area contributed by atoms with Gasteiger partial charge in [0.25, 0.3) is 0 Å². The van der Waals surface area contributed by atoms with Gasteiger partial charge in [-0.1, -0.05) is 17.3 Å². The Morgan fingerprint density at radius 2 is 1.95 bits per heavy atom. The summed E-state index contributed by atoms with van der Waals surface area (Å²) in [6.45, 7) is 3.47. The van der Waals surface area contributed by atoms with Crippen LogP contribution in [0.3, 0.4) is 0 Å². The minimum atomic E-state index is -0.384. The van der Waals surface area contributed by atoms with Crippen molar-refractivity contribution in [3.63, 3.8) is 0 Å². The average Bonchev–Trinajstić information content (AvgIpc) is 2.43. The van der Waals surface area contributed by atoms with E-state index >= 15 is 0 Å². The molecule has 0 saturated carbocycles. The van der Waals surface area contributed by atoms with Crippen LogP contribution in [0.1, 0.15) is 16.7 Å². The normalized spacial score (nSPS) is 11.4. The Balaban J connectivity index is 2.31. The summed E-state index contributed by atoms with van der Waals surface area (Å²) in [5, 5.41) is 11.6. The van der Waals surface area contributed by atoms with Crippen LogP contribution >= 0.6 is 0 Å². The predicted octanol–water partition coefficient (Wildman–Crippen LogP) is 3.33. The van der Waals surface area contributed by atoms with Gasteiger partial charge in [-0.2, -0.15) is 0 Å². The molecule has 2 rings (SSSR count). The van der Waals surface area contributed by atoms with Crippen LogP contribution in [0.25, 0.3) is 0 Å². The van der Waals surface area contributed by atoms with Gasteiger partial charge in [0.05, 0.1) is 0 Å². The van der Waals surface area contributed by atoms with Crippen molar-refractivity contribution in [2.75, 3.05) is 0 Å². The van der Waals surface area contributed by atoms with Gasteiger partial charge in [0.15, 0.2) is 17.4 Å². The van der Waals surface area contributed by atoms with Crippen molar-refractivity contribution in [3.05, 3.63) is 58.9 Å². The number of oxime groups is 1. The first-order valence-corrected chi connectivity index (χ1v) is 6.04. The van der Waals surface area contributed by atoms with Gasteiger partial charge in [0, 0.05) is 5.56 Å². The summed E-state index contributed by atoms with van der Waals surface area (Å²) >= 11 is 0. The second kappa shape index (κ2) is 5.61. The highest BCUT2D eigenvalue weighted by atomic mass is 19.1. The number of halogens is 1. The molecule has 0 spiro atoms. The van der Waals surface area contributed by atoms with Crippen LogP contribution in [0.4, 0.5) is 4.39 Å². The smallest absolute Gasteiger partial charge is 0.170 e. The monoisotopic (exact) mass is 274 g/mol. The number of nitrogens with two attached hydrogens (primary N) is 1. The number of hydrogen-bond acceptors (Lipinski definition) is 3. The molecule has 0 atom stereocenters. The van der Waals surface area contributed by atoms with Crippen LogP contribution in [0.15, 0.2) is 41.6 Å². The Kier molecular flexibility index (Phi) is 3.89. The van der Waals surface area contributed by atoms with Crippen molar-refractivity contribution in [1.82, 2.24) is 0 Å². The zero-order valence-corrected chi connectivity index (χ0v) is 11.2. The number of amidine groups is 1. The van der Waals surface area contributed by atoms with Crippen LogP contribution < -0.4 is 10.5 Å². The molecule has 3 N–H and O–H groups in total. The Morgan fingerprint density at radius 3 is 2.60 bits per heavy atom. The average molecular weight is 274 g/mol. The van der Waals surface area contributed by atoms with Crippen LogP contribution in [-0.2, 0) is 0 Å². The van der Waals surface area contributed by atoms with Crippen LogP contribution in [-0.4, -0.2) is 11.0 Å². The van der Waals surface area contributed by atoms with Crippen molar-refractivity contribution in [2.24, 2.45) is 10.9 Å². The first-order chi connectivity index (χ1) is 9.52. The zero-order valence-electron chi connectivity index (χ0n) is 11.2. The lowest BCUT2D eigenvalue weighted by Gasteiger charge is -2.10. The zero-order chi connectivity index (χ0) is 14.7. The Labute approximate surface area is 116 Å². The fourth-order valence-electron chi connectivity index (χ4n) is 1.87. The molecule has 0 bridgehead atoms. The fraction of sp³-hybridized carbons (Fsp3) is 0.133. The van der Waals surface area contributed by atoms with E-state index in [0.29, 0.717) is 16.9 Å². The van der Waals surface area contributed by atoms with Crippen LogP contribution in [0, 0.1) is 19.7 Å². The Morgan fingerprint density at radius 1 is 1.20 bits per heavy atom. The van der Waals surface area contributed by atoms with E-state index in [0.717, 1.165) is 5.56 Å².